The van der Waals surface area contributed by atoms with Crippen molar-refractivity contribution in [3.63, 3.8) is 0 Å². The zero-order valence-corrected chi connectivity index (χ0v) is 24.5. The number of unbranched alkanes of at least 4 members (excludes halogenated alkanes) is 12. The largest absolute Gasteiger partial charge is 0.466 e. The Balaban J connectivity index is 4.11. The van der Waals surface area contributed by atoms with Crippen LogP contribution in [-0.4, -0.2) is 37.4 Å². The molecule has 0 fully saturated rings. The molecule has 0 aromatic heterocycles. The standard InChI is InChI=1S/C30H55BrO4/c1-3-5-7-9-11-14-21-27-34-30(35-28-22-15-12-10-8-6-4-2)24-18-17-23-29(32)33-26-20-16-13-19-25-31/h14-15,21-22,30H,3-13,16-20,23-28H2,1-2H3/b21-14-,22-15-. The van der Waals surface area contributed by atoms with Crippen LogP contribution < -0.4 is 0 Å². The Hall–Kier alpha value is -0.650. The lowest BCUT2D eigenvalue weighted by Crippen LogP contribution is -2.18. The second kappa shape index (κ2) is 29.6. The van der Waals surface area contributed by atoms with Crippen LogP contribution in [0.3, 0.4) is 0 Å². The summed E-state index contributed by atoms with van der Waals surface area (Å²) in [7, 11) is 0. The Kier molecular flexibility index (Phi) is 29.0. The fraction of sp³-hybridized carbons (Fsp3) is 0.833. The zero-order valence-electron chi connectivity index (χ0n) is 23.0. The molecule has 0 aromatic rings. The number of hydrogen-bond acceptors (Lipinski definition) is 4. The van der Waals surface area contributed by atoms with Crippen LogP contribution in [0, 0.1) is 0 Å². The Morgan fingerprint density at radius 1 is 0.686 bits per heavy atom. The number of hydrogen-bond donors (Lipinski definition) is 0. The van der Waals surface area contributed by atoms with Gasteiger partial charge in [-0.2, -0.15) is 0 Å². The van der Waals surface area contributed by atoms with Gasteiger partial charge in [0, 0.05) is 11.8 Å². The van der Waals surface area contributed by atoms with Gasteiger partial charge in [0.15, 0.2) is 6.29 Å². The van der Waals surface area contributed by atoms with Crippen molar-refractivity contribution in [3.05, 3.63) is 24.3 Å². The molecule has 35 heavy (non-hydrogen) atoms. The molecule has 0 spiro atoms. The number of alkyl halides is 1. The summed E-state index contributed by atoms with van der Waals surface area (Å²) < 4.78 is 17.3. The summed E-state index contributed by atoms with van der Waals surface area (Å²) in [5.74, 6) is -0.0825. The quantitative estimate of drug-likeness (QED) is 0.0331. The molecule has 0 aromatic carbocycles. The van der Waals surface area contributed by atoms with E-state index in [1.165, 1.54) is 64.2 Å². The normalized spacial score (nSPS) is 11.9. The maximum atomic E-state index is 11.9. The van der Waals surface area contributed by atoms with E-state index in [1.54, 1.807) is 0 Å². The van der Waals surface area contributed by atoms with Gasteiger partial charge in [0.2, 0.25) is 0 Å². The van der Waals surface area contributed by atoms with Crippen LogP contribution in [0.15, 0.2) is 24.3 Å². The molecule has 0 aliphatic heterocycles. The van der Waals surface area contributed by atoms with Gasteiger partial charge in [-0.15, -0.1) is 0 Å². The van der Waals surface area contributed by atoms with E-state index in [0.29, 0.717) is 26.2 Å². The first-order chi connectivity index (χ1) is 17.2. The van der Waals surface area contributed by atoms with Crippen LogP contribution >= 0.6 is 15.9 Å². The van der Waals surface area contributed by atoms with E-state index < -0.39 is 0 Å². The SMILES string of the molecule is CCCCCC/C=C\COC(CCCCC(=O)OCCCCCCBr)OC/C=C\CCCCCC. The first-order valence-corrected chi connectivity index (χ1v) is 15.6. The fourth-order valence-corrected chi connectivity index (χ4v) is 4.08. The summed E-state index contributed by atoms with van der Waals surface area (Å²) in [6, 6.07) is 0. The molecule has 0 atom stereocenters. The van der Waals surface area contributed by atoms with E-state index in [0.717, 1.165) is 50.3 Å². The number of ether oxygens (including phenoxy) is 3. The smallest absolute Gasteiger partial charge is 0.305 e. The van der Waals surface area contributed by atoms with E-state index in [4.69, 9.17) is 14.2 Å². The van der Waals surface area contributed by atoms with E-state index in [-0.39, 0.29) is 12.3 Å². The highest BCUT2D eigenvalue weighted by molar-refractivity contribution is 9.09. The molecule has 4 nitrogen and oxygen atoms in total. The van der Waals surface area contributed by atoms with Crippen LogP contribution in [0.1, 0.15) is 129 Å². The molecule has 0 radical (unpaired) electrons. The molecular formula is C30H55BrO4. The number of rotatable bonds is 27. The van der Waals surface area contributed by atoms with Gasteiger partial charge in [-0.1, -0.05) is 105 Å². The van der Waals surface area contributed by atoms with Gasteiger partial charge < -0.3 is 14.2 Å². The second-order valence-electron chi connectivity index (χ2n) is 9.31. The van der Waals surface area contributed by atoms with Crippen LogP contribution in [0.5, 0.6) is 0 Å². The third kappa shape index (κ3) is 27.8. The van der Waals surface area contributed by atoms with Gasteiger partial charge in [0.05, 0.1) is 19.8 Å². The molecular weight excluding hydrogens is 504 g/mol. The molecule has 0 amide bonds. The summed E-state index contributed by atoms with van der Waals surface area (Å²) in [6.45, 7) is 6.18. The first-order valence-electron chi connectivity index (χ1n) is 14.5. The predicted octanol–water partition coefficient (Wildman–Crippen LogP) is 9.46. The van der Waals surface area contributed by atoms with Crippen LogP contribution in [-0.2, 0) is 19.0 Å². The number of carbonyl (C=O) groups excluding carboxylic acids is 1. The molecule has 0 aliphatic carbocycles. The van der Waals surface area contributed by atoms with Gasteiger partial charge in [0.25, 0.3) is 0 Å². The first kappa shape index (κ1) is 34.4. The van der Waals surface area contributed by atoms with Crippen molar-refractivity contribution < 1.29 is 19.0 Å². The van der Waals surface area contributed by atoms with Gasteiger partial charge in [-0.25, -0.2) is 0 Å². The molecule has 0 saturated heterocycles. The van der Waals surface area contributed by atoms with Crippen molar-refractivity contribution in [1.82, 2.24) is 0 Å². The van der Waals surface area contributed by atoms with E-state index in [9.17, 15) is 4.79 Å². The summed E-state index contributed by atoms with van der Waals surface area (Å²) >= 11 is 3.44. The van der Waals surface area contributed by atoms with Gasteiger partial charge in [-0.3, -0.25) is 4.79 Å². The van der Waals surface area contributed by atoms with Crippen LogP contribution in [0.2, 0.25) is 0 Å². The van der Waals surface area contributed by atoms with E-state index in [1.807, 2.05) is 0 Å². The van der Waals surface area contributed by atoms with Crippen molar-refractivity contribution in [2.75, 3.05) is 25.2 Å². The Bertz CT molecular complexity index is 467. The van der Waals surface area contributed by atoms with Crippen molar-refractivity contribution in [2.45, 2.75) is 136 Å². The molecule has 0 aliphatic rings. The minimum absolute atomic E-state index is 0.0825. The van der Waals surface area contributed by atoms with Crippen molar-refractivity contribution in [3.8, 4) is 0 Å². The summed E-state index contributed by atoms with van der Waals surface area (Å²) in [5, 5.41) is 1.05. The Morgan fingerprint density at radius 2 is 1.26 bits per heavy atom. The molecule has 0 bridgehead atoms. The Labute approximate surface area is 225 Å². The van der Waals surface area contributed by atoms with Crippen molar-refractivity contribution in [2.24, 2.45) is 0 Å². The van der Waals surface area contributed by atoms with Gasteiger partial charge in [-0.05, 0) is 57.8 Å². The zero-order chi connectivity index (χ0) is 25.7. The monoisotopic (exact) mass is 558 g/mol. The lowest BCUT2D eigenvalue weighted by atomic mass is 10.1. The second-order valence-corrected chi connectivity index (χ2v) is 10.1. The topological polar surface area (TPSA) is 44.8 Å². The summed E-state index contributed by atoms with van der Waals surface area (Å²) in [6.07, 6.45) is 28.4. The maximum Gasteiger partial charge on any atom is 0.305 e. The van der Waals surface area contributed by atoms with Crippen LogP contribution in [0.25, 0.3) is 0 Å². The van der Waals surface area contributed by atoms with Crippen molar-refractivity contribution in [1.29, 1.82) is 0 Å². The molecule has 0 rings (SSSR count). The lowest BCUT2D eigenvalue weighted by Gasteiger charge is -2.17. The summed E-state index contributed by atoms with van der Waals surface area (Å²) in [4.78, 5) is 11.9. The molecule has 5 heteroatoms. The van der Waals surface area contributed by atoms with Gasteiger partial charge >= 0.3 is 5.97 Å². The molecule has 0 saturated carbocycles. The predicted molar refractivity (Wildman–Crippen MR) is 153 cm³/mol. The average molecular weight is 560 g/mol. The summed E-state index contributed by atoms with van der Waals surface area (Å²) in [5.41, 5.74) is 0. The number of halogens is 1. The van der Waals surface area contributed by atoms with E-state index >= 15 is 0 Å². The maximum absolute atomic E-state index is 11.9. The highest BCUT2D eigenvalue weighted by Crippen LogP contribution is 2.11. The third-order valence-electron chi connectivity index (χ3n) is 5.90. The average Bonchev–Trinajstić information content (AvgIpc) is 2.86. The number of carbonyl (C=O) groups is 1. The highest BCUT2D eigenvalue weighted by Gasteiger charge is 2.09. The number of allylic oxidation sites excluding steroid dienone is 2. The third-order valence-corrected chi connectivity index (χ3v) is 6.46. The molecule has 206 valence electrons. The Morgan fingerprint density at radius 3 is 1.83 bits per heavy atom. The molecule has 0 N–H and O–H groups in total. The molecule has 0 heterocycles. The lowest BCUT2D eigenvalue weighted by molar-refractivity contribution is -0.144. The fourth-order valence-electron chi connectivity index (χ4n) is 3.68. The highest BCUT2D eigenvalue weighted by atomic mass is 79.9. The van der Waals surface area contributed by atoms with E-state index in [2.05, 4.69) is 54.1 Å². The van der Waals surface area contributed by atoms with Crippen molar-refractivity contribution >= 4 is 21.9 Å². The number of esters is 1. The minimum Gasteiger partial charge on any atom is -0.466 e. The van der Waals surface area contributed by atoms with Gasteiger partial charge in [0.1, 0.15) is 0 Å². The molecule has 0 unspecified atom stereocenters. The van der Waals surface area contributed by atoms with Crippen LogP contribution in [0.4, 0.5) is 0 Å². The minimum atomic E-state index is -0.227.